The number of fused-ring (bicyclic) bond motifs is 1. The minimum atomic E-state index is 0.403. The van der Waals surface area contributed by atoms with E-state index in [9.17, 15) is 0 Å². The third kappa shape index (κ3) is 3.10. The van der Waals surface area contributed by atoms with Crippen molar-refractivity contribution in [2.75, 3.05) is 24.7 Å². The third-order valence-corrected chi connectivity index (χ3v) is 3.32. The summed E-state index contributed by atoms with van der Waals surface area (Å²) in [6.45, 7) is 6.31. The molecular formula is C12H20N4S. The van der Waals surface area contributed by atoms with Gasteiger partial charge < -0.3 is 10.6 Å². The van der Waals surface area contributed by atoms with Crippen molar-refractivity contribution in [2.24, 2.45) is 0 Å². The first-order chi connectivity index (χ1) is 8.20. The predicted molar refractivity (Wildman–Crippen MR) is 72.8 cm³/mol. The SMILES string of the molecule is CSc1nc2c(c(NC(C)C)n1)CCNCC2. The van der Waals surface area contributed by atoms with Crippen molar-refractivity contribution < 1.29 is 0 Å². The summed E-state index contributed by atoms with van der Waals surface area (Å²) in [7, 11) is 0. The van der Waals surface area contributed by atoms with E-state index in [-0.39, 0.29) is 0 Å². The van der Waals surface area contributed by atoms with Gasteiger partial charge in [-0.1, -0.05) is 11.8 Å². The van der Waals surface area contributed by atoms with E-state index in [4.69, 9.17) is 0 Å². The van der Waals surface area contributed by atoms with Gasteiger partial charge in [-0.3, -0.25) is 0 Å². The zero-order valence-corrected chi connectivity index (χ0v) is 11.5. The summed E-state index contributed by atoms with van der Waals surface area (Å²) >= 11 is 1.61. The van der Waals surface area contributed by atoms with Gasteiger partial charge in [0.25, 0.3) is 0 Å². The molecule has 1 aliphatic rings. The molecule has 2 N–H and O–H groups in total. The lowest BCUT2D eigenvalue weighted by Gasteiger charge is -2.16. The molecule has 0 amide bonds. The Morgan fingerprint density at radius 2 is 2.00 bits per heavy atom. The Kier molecular flexibility index (Phi) is 4.23. The Morgan fingerprint density at radius 1 is 1.24 bits per heavy atom. The van der Waals surface area contributed by atoms with Crippen LogP contribution < -0.4 is 10.6 Å². The van der Waals surface area contributed by atoms with Crippen LogP contribution in [-0.2, 0) is 12.8 Å². The first-order valence-electron chi connectivity index (χ1n) is 6.11. The Hall–Kier alpha value is -0.810. The summed E-state index contributed by atoms with van der Waals surface area (Å²) in [4.78, 5) is 9.23. The highest BCUT2D eigenvalue weighted by Gasteiger charge is 2.16. The lowest BCUT2D eigenvalue weighted by Crippen LogP contribution is -2.17. The van der Waals surface area contributed by atoms with Gasteiger partial charge in [0.1, 0.15) is 5.82 Å². The molecule has 0 spiro atoms. The third-order valence-electron chi connectivity index (χ3n) is 2.77. The van der Waals surface area contributed by atoms with Gasteiger partial charge in [0.05, 0.1) is 5.69 Å². The van der Waals surface area contributed by atoms with Crippen molar-refractivity contribution in [3.63, 3.8) is 0 Å². The Balaban J connectivity index is 2.40. The van der Waals surface area contributed by atoms with Crippen LogP contribution in [0.3, 0.4) is 0 Å². The van der Waals surface area contributed by atoms with Crippen molar-refractivity contribution in [2.45, 2.75) is 37.9 Å². The Bertz CT molecular complexity index is 392. The summed E-state index contributed by atoms with van der Waals surface area (Å²) in [5.41, 5.74) is 2.50. The van der Waals surface area contributed by atoms with E-state index in [0.29, 0.717) is 6.04 Å². The van der Waals surface area contributed by atoms with Crippen LogP contribution in [0.2, 0.25) is 0 Å². The minimum Gasteiger partial charge on any atom is -0.368 e. The van der Waals surface area contributed by atoms with E-state index in [1.807, 2.05) is 6.26 Å². The monoisotopic (exact) mass is 252 g/mol. The zero-order chi connectivity index (χ0) is 12.3. The number of hydrogen-bond donors (Lipinski definition) is 2. The molecule has 0 fully saturated rings. The average molecular weight is 252 g/mol. The molecule has 1 aromatic heterocycles. The van der Waals surface area contributed by atoms with Crippen LogP contribution >= 0.6 is 11.8 Å². The fraction of sp³-hybridized carbons (Fsp3) is 0.667. The van der Waals surface area contributed by atoms with Gasteiger partial charge >= 0.3 is 0 Å². The van der Waals surface area contributed by atoms with Gasteiger partial charge in [-0.2, -0.15) is 0 Å². The fourth-order valence-electron chi connectivity index (χ4n) is 2.01. The molecule has 0 bridgehead atoms. The predicted octanol–water partition coefficient (Wildman–Crippen LogP) is 1.71. The van der Waals surface area contributed by atoms with E-state index in [0.717, 1.165) is 36.9 Å². The summed E-state index contributed by atoms with van der Waals surface area (Å²) < 4.78 is 0. The number of anilines is 1. The fourth-order valence-corrected chi connectivity index (χ4v) is 2.39. The highest BCUT2D eigenvalue weighted by Crippen LogP contribution is 2.23. The van der Waals surface area contributed by atoms with E-state index in [1.165, 1.54) is 11.3 Å². The molecule has 1 aromatic rings. The molecule has 0 aromatic carbocycles. The van der Waals surface area contributed by atoms with Crippen LogP contribution in [0.4, 0.5) is 5.82 Å². The Labute approximate surface area is 107 Å². The highest BCUT2D eigenvalue weighted by atomic mass is 32.2. The first kappa shape index (κ1) is 12.6. The molecule has 0 radical (unpaired) electrons. The number of nitrogens with zero attached hydrogens (tertiary/aromatic N) is 2. The van der Waals surface area contributed by atoms with E-state index in [2.05, 4.69) is 34.4 Å². The first-order valence-corrected chi connectivity index (χ1v) is 7.34. The lowest BCUT2D eigenvalue weighted by atomic mass is 10.1. The molecule has 5 heteroatoms. The van der Waals surface area contributed by atoms with Gasteiger partial charge in [-0.15, -0.1) is 0 Å². The Morgan fingerprint density at radius 3 is 2.71 bits per heavy atom. The molecule has 2 heterocycles. The minimum absolute atomic E-state index is 0.403. The summed E-state index contributed by atoms with van der Waals surface area (Å²) in [5, 5.41) is 7.72. The number of nitrogens with one attached hydrogen (secondary N) is 2. The molecule has 0 unspecified atom stereocenters. The van der Waals surface area contributed by atoms with Crippen molar-refractivity contribution in [1.82, 2.24) is 15.3 Å². The second-order valence-corrected chi connectivity index (χ2v) is 5.31. The molecule has 4 nitrogen and oxygen atoms in total. The van der Waals surface area contributed by atoms with E-state index >= 15 is 0 Å². The molecule has 0 saturated heterocycles. The van der Waals surface area contributed by atoms with Crippen LogP contribution in [-0.4, -0.2) is 35.4 Å². The normalized spacial score (nSPS) is 15.5. The van der Waals surface area contributed by atoms with Crippen LogP contribution in [0.15, 0.2) is 5.16 Å². The molecule has 0 aliphatic carbocycles. The van der Waals surface area contributed by atoms with Crippen LogP contribution in [0.5, 0.6) is 0 Å². The standard InChI is InChI=1S/C12H20N4S/c1-8(2)14-11-9-4-6-13-7-5-10(9)15-12(16-11)17-3/h8,13H,4-7H2,1-3H3,(H,14,15,16). The van der Waals surface area contributed by atoms with Crippen molar-refractivity contribution in [1.29, 1.82) is 0 Å². The highest BCUT2D eigenvalue weighted by molar-refractivity contribution is 7.98. The zero-order valence-electron chi connectivity index (χ0n) is 10.7. The van der Waals surface area contributed by atoms with E-state index in [1.54, 1.807) is 11.8 Å². The lowest BCUT2D eigenvalue weighted by molar-refractivity contribution is 0.707. The molecular weight excluding hydrogens is 232 g/mol. The summed E-state index contributed by atoms with van der Waals surface area (Å²) in [5.74, 6) is 1.03. The van der Waals surface area contributed by atoms with E-state index < -0.39 is 0 Å². The molecule has 2 rings (SSSR count). The van der Waals surface area contributed by atoms with Gasteiger partial charge in [0.15, 0.2) is 5.16 Å². The second-order valence-electron chi connectivity index (χ2n) is 4.53. The van der Waals surface area contributed by atoms with Gasteiger partial charge in [0.2, 0.25) is 0 Å². The topological polar surface area (TPSA) is 49.8 Å². The largest absolute Gasteiger partial charge is 0.368 e. The van der Waals surface area contributed by atoms with Gasteiger partial charge in [0, 0.05) is 24.6 Å². The van der Waals surface area contributed by atoms with Crippen LogP contribution in [0.1, 0.15) is 25.1 Å². The molecule has 0 saturated carbocycles. The van der Waals surface area contributed by atoms with Gasteiger partial charge in [-0.25, -0.2) is 9.97 Å². The maximum absolute atomic E-state index is 4.63. The van der Waals surface area contributed by atoms with Crippen molar-refractivity contribution in [3.05, 3.63) is 11.3 Å². The number of aromatic nitrogens is 2. The second kappa shape index (κ2) is 5.69. The van der Waals surface area contributed by atoms with Crippen molar-refractivity contribution >= 4 is 17.6 Å². The average Bonchev–Trinajstić information content (AvgIpc) is 2.53. The van der Waals surface area contributed by atoms with Gasteiger partial charge in [-0.05, 0) is 33.1 Å². The number of thioether (sulfide) groups is 1. The molecule has 94 valence electrons. The van der Waals surface area contributed by atoms with Crippen LogP contribution in [0, 0.1) is 0 Å². The quantitative estimate of drug-likeness (QED) is 0.633. The molecule has 17 heavy (non-hydrogen) atoms. The van der Waals surface area contributed by atoms with Crippen molar-refractivity contribution in [3.8, 4) is 0 Å². The smallest absolute Gasteiger partial charge is 0.189 e. The molecule has 1 aliphatic heterocycles. The number of hydrogen-bond acceptors (Lipinski definition) is 5. The van der Waals surface area contributed by atoms with Crippen LogP contribution in [0.25, 0.3) is 0 Å². The maximum atomic E-state index is 4.63. The summed E-state index contributed by atoms with van der Waals surface area (Å²) in [6, 6.07) is 0.403. The summed E-state index contributed by atoms with van der Waals surface area (Å²) in [6.07, 6.45) is 4.03. The molecule has 0 atom stereocenters. The number of rotatable bonds is 3. The maximum Gasteiger partial charge on any atom is 0.189 e.